The summed E-state index contributed by atoms with van der Waals surface area (Å²) in [4.78, 5) is 22.7. The molecule has 1 rings (SSSR count). The van der Waals surface area contributed by atoms with Crippen LogP contribution < -0.4 is 16.0 Å². The monoisotopic (exact) mass is 275 g/mol. The Bertz CT molecular complexity index is 523. The topological polar surface area (TPSA) is 90.5 Å². The molecule has 0 bridgehead atoms. The third-order valence-corrected chi connectivity index (χ3v) is 2.56. The molecule has 0 fully saturated rings. The van der Waals surface area contributed by atoms with E-state index in [0.29, 0.717) is 12.2 Å². The van der Waals surface area contributed by atoms with Crippen LogP contribution in [0.2, 0.25) is 0 Å². The SMILES string of the molecule is C#CCC(NC(=O)Nc1ccccc1CNC)C(=O)O. The van der Waals surface area contributed by atoms with E-state index in [1.807, 2.05) is 12.1 Å². The molecule has 0 spiro atoms. The molecule has 2 amide bonds. The number of hydrogen-bond acceptors (Lipinski definition) is 3. The van der Waals surface area contributed by atoms with E-state index in [9.17, 15) is 9.59 Å². The van der Waals surface area contributed by atoms with Crippen LogP contribution in [0.15, 0.2) is 24.3 Å². The number of carboxylic acids is 1. The third kappa shape index (κ3) is 4.63. The lowest BCUT2D eigenvalue weighted by Crippen LogP contribution is -2.42. The first-order valence-electron chi connectivity index (χ1n) is 6.04. The molecule has 1 unspecified atom stereocenters. The zero-order valence-corrected chi connectivity index (χ0v) is 11.1. The van der Waals surface area contributed by atoms with Crippen LogP contribution in [-0.4, -0.2) is 30.2 Å². The number of aliphatic carboxylic acids is 1. The van der Waals surface area contributed by atoms with Gasteiger partial charge in [0.25, 0.3) is 0 Å². The van der Waals surface area contributed by atoms with Gasteiger partial charge in [-0.3, -0.25) is 0 Å². The maximum atomic E-state index is 11.8. The van der Waals surface area contributed by atoms with Crippen LogP contribution in [0.5, 0.6) is 0 Å². The molecule has 4 N–H and O–H groups in total. The molecule has 1 atom stereocenters. The first-order valence-corrected chi connectivity index (χ1v) is 6.04. The minimum absolute atomic E-state index is 0.0685. The van der Waals surface area contributed by atoms with Crippen molar-refractivity contribution in [3.05, 3.63) is 29.8 Å². The summed E-state index contributed by atoms with van der Waals surface area (Å²) in [6.45, 7) is 0.586. The Balaban J connectivity index is 2.71. The van der Waals surface area contributed by atoms with E-state index in [4.69, 9.17) is 11.5 Å². The van der Waals surface area contributed by atoms with Crippen LogP contribution in [0.3, 0.4) is 0 Å². The van der Waals surface area contributed by atoms with Gasteiger partial charge in [-0.05, 0) is 18.7 Å². The van der Waals surface area contributed by atoms with Crippen molar-refractivity contribution >= 4 is 17.7 Å². The quantitative estimate of drug-likeness (QED) is 0.583. The normalized spacial score (nSPS) is 11.2. The molecule has 0 aliphatic carbocycles. The first-order chi connectivity index (χ1) is 9.58. The maximum Gasteiger partial charge on any atom is 0.327 e. The lowest BCUT2D eigenvalue weighted by molar-refractivity contribution is -0.139. The zero-order chi connectivity index (χ0) is 15.0. The minimum atomic E-state index is -1.17. The highest BCUT2D eigenvalue weighted by atomic mass is 16.4. The molecular formula is C14H17N3O3. The van der Waals surface area contributed by atoms with E-state index in [-0.39, 0.29) is 6.42 Å². The van der Waals surface area contributed by atoms with Crippen molar-refractivity contribution in [3.63, 3.8) is 0 Å². The number of rotatable bonds is 6. The Morgan fingerprint density at radius 3 is 2.70 bits per heavy atom. The minimum Gasteiger partial charge on any atom is -0.480 e. The third-order valence-electron chi connectivity index (χ3n) is 2.56. The van der Waals surface area contributed by atoms with E-state index in [2.05, 4.69) is 21.9 Å². The van der Waals surface area contributed by atoms with E-state index >= 15 is 0 Å². The molecule has 106 valence electrons. The van der Waals surface area contributed by atoms with Gasteiger partial charge < -0.3 is 21.1 Å². The number of terminal acetylenes is 1. The highest BCUT2D eigenvalue weighted by Gasteiger charge is 2.18. The van der Waals surface area contributed by atoms with E-state index in [0.717, 1.165) is 5.56 Å². The highest BCUT2D eigenvalue weighted by molar-refractivity contribution is 5.92. The van der Waals surface area contributed by atoms with Gasteiger partial charge in [-0.2, -0.15) is 0 Å². The van der Waals surface area contributed by atoms with Gasteiger partial charge in [-0.25, -0.2) is 9.59 Å². The van der Waals surface area contributed by atoms with Crippen molar-refractivity contribution in [1.82, 2.24) is 10.6 Å². The number of nitrogens with one attached hydrogen (secondary N) is 3. The predicted molar refractivity (Wildman–Crippen MR) is 76.2 cm³/mol. The van der Waals surface area contributed by atoms with E-state index < -0.39 is 18.0 Å². The lowest BCUT2D eigenvalue weighted by Gasteiger charge is -2.14. The number of amides is 2. The van der Waals surface area contributed by atoms with Crippen LogP contribution in [0, 0.1) is 12.3 Å². The Morgan fingerprint density at radius 1 is 1.40 bits per heavy atom. The number of hydrogen-bond donors (Lipinski definition) is 4. The lowest BCUT2D eigenvalue weighted by atomic mass is 10.2. The first kappa shape index (κ1) is 15.5. The van der Waals surface area contributed by atoms with Crippen molar-refractivity contribution in [3.8, 4) is 12.3 Å². The molecule has 1 aromatic rings. The molecule has 6 heteroatoms. The van der Waals surface area contributed by atoms with Gasteiger partial charge in [0.15, 0.2) is 0 Å². The molecule has 0 aliphatic rings. The summed E-state index contributed by atoms with van der Waals surface area (Å²) in [5, 5.41) is 16.8. The molecule has 1 aromatic carbocycles. The average molecular weight is 275 g/mol. The van der Waals surface area contributed by atoms with Crippen molar-refractivity contribution in [2.24, 2.45) is 0 Å². The molecular weight excluding hydrogens is 258 g/mol. The number of carbonyl (C=O) groups excluding carboxylic acids is 1. The molecule has 0 saturated heterocycles. The predicted octanol–water partition coefficient (Wildman–Crippen LogP) is 1.00. The highest BCUT2D eigenvalue weighted by Crippen LogP contribution is 2.14. The fourth-order valence-electron chi connectivity index (χ4n) is 1.62. The fraction of sp³-hybridized carbons (Fsp3) is 0.286. The molecule has 0 heterocycles. The number of anilines is 1. The van der Waals surface area contributed by atoms with Crippen LogP contribution in [-0.2, 0) is 11.3 Å². The van der Waals surface area contributed by atoms with Gasteiger partial charge >= 0.3 is 12.0 Å². The Labute approximate surface area is 117 Å². The summed E-state index contributed by atoms with van der Waals surface area (Å²) < 4.78 is 0. The fourth-order valence-corrected chi connectivity index (χ4v) is 1.62. The molecule has 0 saturated carbocycles. The van der Waals surface area contributed by atoms with Crippen molar-refractivity contribution < 1.29 is 14.7 Å². The van der Waals surface area contributed by atoms with Crippen molar-refractivity contribution in [2.75, 3.05) is 12.4 Å². The van der Waals surface area contributed by atoms with Crippen LogP contribution in [0.25, 0.3) is 0 Å². The summed E-state index contributed by atoms with van der Waals surface area (Å²) in [5.41, 5.74) is 1.51. The van der Waals surface area contributed by atoms with Gasteiger partial charge in [0, 0.05) is 18.7 Å². The van der Waals surface area contributed by atoms with Gasteiger partial charge in [-0.15, -0.1) is 12.3 Å². The number of urea groups is 1. The Kier molecular flexibility index (Phi) is 6.07. The number of carboxylic acid groups (broad SMARTS) is 1. The van der Waals surface area contributed by atoms with Crippen molar-refractivity contribution in [1.29, 1.82) is 0 Å². The standard InChI is InChI=1S/C14H17N3O3/c1-3-6-12(13(18)19)17-14(20)16-11-8-5-4-7-10(11)9-15-2/h1,4-5,7-8,12,15H,6,9H2,2H3,(H,18,19)(H2,16,17,20). The molecule has 0 radical (unpaired) electrons. The zero-order valence-electron chi connectivity index (χ0n) is 11.1. The Morgan fingerprint density at radius 2 is 2.10 bits per heavy atom. The van der Waals surface area contributed by atoms with E-state index in [1.165, 1.54) is 0 Å². The summed E-state index contributed by atoms with van der Waals surface area (Å²) in [6.07, 6.45) is 5.00. The summed E-state index contributed by atoms with van der Waals surface area (Å²) in [6, 6.07) is 5.54. The van der Waals surface area contributed by atoms with Crippen molar-refractivity contribution in [2.45, 2.75) is 19.0 Å². The maximum absolute atomic E-state index is 11.8. The van der Waals surface area contributed by atoms with Crippen LogP contribution >= 0.6 is 0 Å². The molecule has 0 aliphatic heterocycles. The second-order valence-electron chi connectivity index (χ2n) is 4.09. The molecule has 0 aromatic heterocycles. The molecule has 20 heavy (non-hydrogen) atoms. The second kappa shape index (κ2) is 7.81. The largest absolute Gasteiger partial charge is 0.480 e. The second-order valence-corrected chi connectivity index (χ2v) is 4.09. The number of para-hydroxylation sites is 1. The van der Waals surface area contributed by atoms with Gasteiger partial charge in [0.2, 0.25) is 0 Å². The number of benzene rings is 1. The van der Waals surface area contributed by atoms with Gasteiger partial charge in [0.1, 0.15) is 6.04 Å². The van der Waals surface area contributed by atoms with Crippen LogP contribution in [0.1, 0.15) is 12.0 Å². The summed E-state index contributed by atoms with van der Waals surface area (Å²) >= 11 is 0. The van der Waals surface area contributed by atoms with Gasteiger partial charge in [0.05, 0.1) is 0 Å². The smallest absolute Gasteiger partial charge is 0.327 e. The van der Waals surface area contributed by atoms with Crippen LogP contribution in [0.4, 0.5) is 10.5 Å². The average Bonchev–Trinajstić information content (AvgIpc) is 2.40. The Hall–Kier alpha value is -2.52. The molecule has 6 nitrogen and oxygen atoms in total. The summed E-state index contributed by atoms with van der Waals surface area (Å²) in [7, 11) is 1.80. The van der Waals surface area contributed by atoms with E-state index in [1.54, 1.807) is 19.2 Å². The number of carbonyl (C=O) groups is 2. The van der Waals surface area contributed by atoms with Gasteiger partial charge in [-0.1, -0.05) is 18.2 Å². The summed E-state index contributed by atoms with van der Waals surface area (Å²) in [5.74, 6) is 1.05.